The highest BCUT2D eigenvalue weighted by atomic mass is 32.1. The second-order valence-electron chi connectivity index (χ2n) is 3.14. The molecule has 2 aromatic rings. The monoisotopic (exact) mass is 195 g/mol. The van der Waals surface area contributed by atoms with Crippen molar-refractivity contribution in [2.24, 2.45) is 0 Å². The maximum atomic E-state index is 11.1. The van der Waals surface area contributed by atoms with Crippen molar-refractivity contribution in [3.8, 4) is 0 Å². The molecule has 0 atom stereocenters. The smallest absolute Gasteiger partial charge is 0.305 e. The molecule has 0 bridgehead atoms. The first-order chi connectivity index (χ1) is 6.18. The van der Waals surface area contributed by atoms with Gasteiger partial charge < -0.3 is 4.98 Å². The van der Waals surface area contributed by atoms with Crippen molar-refractivity contribution in [2.75, 3.05) is 0 Å². The lowest BCUT2D eigenvalue weighted by Crippen LogP contribution is -1.98. The Balaban J connectivity index is 2.82. The molecule has 13 heavy (non-hydrogen) atoms. The van der Waals surface area contributed by atoms with Gasteiger partial charge in [0.2, 0.25) is 0 Å². The molecule has 68 valence electrons. The highest BCUT2D eigenvalue weighted by Gasteiger charge is 2.09. The second kappa shape index (κ2) is 2.92. The van der Waals surface area contributed by atoms with Crippen molar-refractivity contribution in [3.05, 3.63) is 21.6 Å². The van der Waals surface area contributed by atoms with Crippen LogP contribution in [-0.4, -0.2) is 15.2 Å². The van der Waals surface area contributed by atoms with Crippen molar-refractivity contribution in [1.29, 1.82) is 0 Å². The molecule has 2 heterocycles. The van der Waals surface area contributed by atoms with Crippen LogP contribution in [0.2, 0.25) is 0 Å². The first kappa shape index (κ1) is 8.37. The molecule has 0 saturated carbocycles. The van der Waals surface area contributed by atoms with Crippen LogP contribution in [0.1, 0.15) is 25.5 Å². The Hall–Kier alpha value is -1.23. The molecule has 2 rings (SSSR count). The Kier molecular flexibility index (Phi) is 1.88. The minimum Gasteiger partial charge on any atom is -0.311 e. The van der Waals surface area contributed by atoms with Crippen molar-refractivity contribution in [3.63, 3.8) is 0 Å². The maximum Gasteiger partial charge on any atom is 0.305 e. The van der Waals surface area contributed by atoms with Gasteiger partial charge in [0, 0.05) is 0 Å². The van der Waals surface area contributed by atoms with Crippen molar-refractivity contribution in [1.82, 2.24) is 15.2 Å². The average Bonchev–Trinajstić information content (AvgIpc) is 2.43. The summed E-state index contributed by atoms with van der Waals surface area (Å²) in [7, 11) is 0. The lowest BCUT2D eigenvalue weighted by molar-refractivity contribution is 0.796. The number of hydrogen-bond donors (Lipinski definition) is 1. The lowest BCUT2D eigenvalue weighted by atomic mass is 10.1. The predicted octanol–water partition coefficient (Wildman–Crippen LogP) is 1.50. The minimum atomic E-state index is -0.0494. The summed E-state index contributed by atoms with van der Waals surface area (Å²) < 4.78 is 0.878. The van der Waals surface area contributed by atoms with E-state index in [2.05, 4.69) is 15.2 Å². The fourth-order valence-electron chi connectivity index (χ4n) is 1.22. The van der Waals surface area contributed by atoms with E-state index in [-0.39, 0.29) is 10.8 Å². The largest absolute Gasteiger partial charge is 0.311 e. The SMILES string of the molecule is CC(C)c1nncc2sc(=O)[nH]c12. The van der Waals surface area contributed by atoms with E-state index >= 15 is 0 Å². The summed E-state index contributed by atoms with van der Waals surface area (Å²) in [6, 6.07) is 0. The van der Waals surface area contributed by atoms with Gasteiger partial charge in [0.05, 0.1) is 22.1 Å². The van der Waals surface area contributed by atoms with E-state index in [1.165, 1.54) is 11.3 Å². The Labute approximate surface area is 78.6 Å². The average molecular weight is 195 g/mol. The number of aromatic amines is 1. The molecule has 2 aromatic heterocycles. The molecule has 0 aliphatic rings. The van der Waals surface area contributed by atoms with E-state index < -0.39 is 0 Å². The zero-order valence-corrected chi connectivity index (χ0v) is 8.18. The summed E-state index contributed by atoms with van der Waals surface area (Å²) in [5.74, 6) is 0.279. The van der Waals surface area contributed by atoms with Gasteiger partial charge in [0.15, 0.2) is 0 Å². The third-order valence-electron chi connectivity index (χ3n) is 1.82. The summed E-state index contributed by atoms with van der Waals surface area (Å²) in [6.07, 6.45) is 1.61. The van der Waals surface area contributed by atoms with E-state index in [9.17, 15) is 4.79 Å². The van der Waals surface area contributed by atoms with E-state index in [0.29, 0.717) is 0 Å². The number of hydrogen-bond acceptors (Lipinski definition) is 4. The zero-order chi connectivity index (χ0) is 9.42. The fraction of sp³-hybridized carbons (Fsp3) is 0.375. The normalized spacial score (nSPS) is 11.3. The van der Waals surface area contributed by atoms with E-state index in [4.69, 9.17) is 0 Å². The van der Waals surface area contributed by atoms with Crippen LogP contribution in [0, 0.1) is 0 Å². The third kappa shape index (κ3) is 1.35. The molecule has 0 amide bonds. The Morgan fingerprint density at radius 2 is 2.31 bits per heavy atom. The first-order valence-corrected chi connectivity index (χ1v) is 4.84. The number of fused-ring (bicyclic) bond motifs is 1. The molecule has 0 fully saturated rings. The molecular formula is C8H9N3OS. The standard InChI is InChI=1S/C8H9N3OS/c1-4(2)6-7-5(3-9-11-6)13-8(12)10-7/h3-4H,1-2H3,(H,10,12). The van der Waals surface area contributed by atoms with Crippen molar-refractivity contribution < 1.29 is 0 Å². The molecule has 0 saturated heterocycles. The molecule has 1 N–H and O–H groups in total. The van der Waals surface area contributed by atoms with Crippen LogP contribution < -0.4 is 4.87 Å². The van der Waals surface area contributed by atoms with Crippen LogP contribution in [0.4, 0.5) is 0 Å². The molecule has 0 aliphatic carbocycles. The van der Waals surface area contributed by atoms with E-state index in [1.807, 2.05) is 13.8 Å². The van der Waals surface area contributed by atoms with Gasteiger partial charge in [-0.3, -0.25) is 4.79 Å². The summed E-state index contributed by atoms with van der Waals surface area (Å²) in [5.41, 5.74) is 1.69. The fourth-order valence-corrected chi connectivity index (χ4v) is 1.93. The van der Waals surface area contributed by atoms with Gasteiger partial charge in [-0.05, 0) is 5.92 Å². The van der Waals surface area contributed by atoms with Gasteiger partial charge in [-0.15, -0.1) is 0 Å². The molecule has 4 nitrogen and oxygen atoms in total. The Morgan fingerprint density at radius 3 is 3.00 bits per heavy atom. The number of thiazole rings is 1. The first-order valence-electron chi connectivity index (χ1n) is 4.03. The summed E-state index contributed by atoms with van der Waals surface area (Å²) in [6.45, 7) is 4.05. The quantitative estimate of drug-likeness (QED) is 0.750. The predicted molar refractivity (Wildman–Crippen MR) is 52.1 cm³/mol. The van der Waals surface area contributed by atoms with Crippen molar-refractivity contribution >= 4 is 21.6 Å². The lowest BCUT2D eigenvalue weighted by Gasteiger charge is -2.02. The van der Waals surface area contributed by atoms with Crippen LogP contribution in [0.5, 0.6) is 0 Å². The summed E-state index contributed by atoms with van der Waals surface area (Å²) in [5, 5.41) is 7.86. The van der Waals surface area contributed by atoms with Crippen LogP contribution in [0.25, 0.3) is 10.2 Å². The highest BCUT2D eigenvalue weighted by Crippen LogP contribution is 2.21. The topological polar surface area (TPSA) is 58.6 Å². The van der Waals surface area contributed by atoms with Gasteiger partial charge >= 0.3 is 4.87 Å². The number of rotatable bonds is 1. The van der Waals surface area contributed by atoms with E-state index in [0.717, 1.165) is 15.9 Å². The maximum absolute atomic E-state index is 11.1. The Bertz CT molecular complexity index is 485. The van der Waals surface area contributed by atoms with Gasteiger partial charge in [0.1, 0.15) is 0 Å². The molecule has 0 unspecified atom stereocenters. The van der Waals surface area contributed by atoms with Crippen LogP contribution in [-0.2, 0) is 0 Å². The zero-order valence-electron chi connectivity index (χ0n) is 7.37. The summed E-state index contributed by atoms with van der Waals surface area (Å²) >= 11 is 1.17. The molecule has 0 radical (unpaired) electrons. The van der Waals surface area contributed by atoms with Crippen LogP contribution >= 0.6 is 11.3 Å². The van der Waals surface area contributed by atoms with Gasteiger partial charge in [-0.25, -0.2) is 0 Å². The van der Waals surface area contributed by atoms with Gasteiger partial charge in [-0.1, -0.05) is 25.2 Å². The third-order valence-corrected chi connectivity index (χ3v) is 2.64. The van der Waals surface area contributed by atoms with Crippen molar-refractivity contribution in [2.45, 2.75) is 19.8 Å². The van der Waals surface area contributed by atoms with Gasteiger partial charge in [-0.2, -0.15) is 10.2 Å². The highest BCUT2D eigenvalue weighted by molar-refractivity contribution is 7.16. The minimum absolute atomic E-state index is 0.0494. The van der Waals surface area contributed by atoms with Crippen LogP contribution in [0.15, 0.2) is 11.0 Å². The second-order valence-corrected chi connectivity index (χ2v) is 4.15. The molecule has 0 aromatic carbocycles. The van der Waals surface area contributed by atoms with Crippen LogP contribution in [0.3, 0.4) is 0 Å². The molecule has 5 heteroatoms. The summed E-state index contributed by atoms with van der Waals surface area (Å²) in [4.78, 5) is 13.8. The molecular weight excluding hydrogens is 186 g/mol. The molecule has 0 spiro atoms. The number of nitrogens with one attached hydrogen (secondary N) is 1. The molecule has 0 aliphatic heterocycles. The number of nitrogens with zero attached hydrogens (tertiary/aromatic N) is 2. The number of aromatic nitrogens is 3. The number of H-pyrrole nitrogens is 1. The van der Waals surface area contributed by atoms with Gasteiger partial charge in [0.25, 0.3) is 0 Å². The van der Waals surface area contributed by atoms with E-state index in [1.54, 1.807) is 6.20 Å². The Morgan fingerprint density at radius 1 is 1.54 bits per heavy atom.